The molecule has 1 N–H and O–H groups in total. The molecule has 6 rings (SSSR count). The number of aromatic nitrogens is 3. The highest BCUT2D eigenvalue weighted by Gasteiger charge is 2.56. The first-order valence-corrected chi connectivity index (χ1v) is 11.8. The van der Waals surface area contributed by atoms with E-state index >= 15 is 0 Å². The van der Waals surface area contributed by atoms with Gasteiger partial charge >= 0.3 is 0 Å². The number of ether oxygens (including phenoxy) is 1. The molecule has 7 nitrogen and oxygen atoms in total. The molecule has 2 aliphatic rings. The van der Waals surface area contributed by atoms with Crippen molar-refractivity contribution in [2.45, 2.75) is 31.0 Å². The third-order valence-corrected chi connectivity index (χ3v) is 6.74. The first-order chi connectivity index (χ1) is 17.2. The van der Waals surface area contributed by atoms with E-state index < -0.39 is 11.6 Å². The lowest BCUT2D eigenvalue weighted by Gasteiger charge is -2.32. The highest BCUT2D eigenvalue weighted by atomic mass is 16.5. The number of H-pyrrole nitrogens is 1. The quantitative estimate of drug-likeness (QED) is 0.470. The average molecular weight is 464 g/mol. The Morgan fingerprint density at radius 1 is 0.971 bits per heavy atom. The minimum Gasteiger partial charge on any atom is -0.466 e. The second-order valence-corrected chi connectivity index (χ2v) is 8.98. The van der Waals surface area contributed by atoms with Crippen molar-refractivity contribution in [1.29, 1.82) is 0 Å². The number of carbonyl (C=O) groups is 1. The van der Waals surface area contributed by atoms with Gasteiger partial charge in [-0.15, -0.1) is 0 Å². The number of aromatic amines is 1. The summed E-state index contributed by atoms with van der Waals surface area (Å²) in [6.45, 7) is 0.998. The van der Waals surface area contributed by atoms with Gasteiger partial charge in [0.2, 0.25) is 5.90 Å². The number of carbonyl (C=O) groups excluding carboxylic acids is 1. The van der Waals surface area contributed by atoms with Crippen molar-refractivity contribution in [2.75, 3.05) is 6.54 Å². The van der Waals surface area contributed by atoms with E-state index in [9.17, 15) is 4.79 Å². The van der Waals surface area contributed by atoms with Crippen LogP contribution < -0.4 is 0 Å². The summed E-state index contributed by atoms with van der Waals surface area (Å²) in [4.78, 5) is 25.7. The van der Waals surface area contributed by atoms with Gasteiger partial charge in [-0.05, 0) is 23.3 Å². The SMILES string of the molecule is O=C1N(CCc2ncn[nH]2)Cc2ccccc2[C@@H]2OC(c3ccccc3)=N[C@]12Cc1ccccc1. The predicted octanol–water partition coefficient (Wildman–Crippen LogP) is 3.89. The van der Waals surface area contributed by atoms with Gasteiger partial charge in [-0.3, -0.25) is 9.89 Å². The number of nitrogens with zero attached hydrogens (tertiary/aromatic N) is 4. The van der Waals surface area contributed by atoms with Crippen LogP contribution in [0.4, 0.5) is 0 Å². The minimum absolute atomic E-state index is 0.0343. The summed E-state index contributed by atoms with van der Waals surface area (Å²) in [5, 5.41) is 6.84. The van der Waals surface area contributed by atoms with Crippen LogP contribution >= 0.6 is 0 Å². The molecule has 7 heteroatoms. The van der Waals surface area contributed by atoms with E-state index in [2.05, 4.69) is 27.3 Å². The number of aliphatic imine (C=N–C) groups is 1. The van der Waals surface area contributed by atoms with Gasteiger partial charge in [0.1, 0.15) is 12.2 Å². The van der Waals surface area contributed by atoms with Gasteiger partial charge < -0.3 is 9.64 Å². The molecule has 4 aromatic rings. The third kappa shape index (κ3) is 3.89. The molecule has 174 valence electrons. The Bertz CT molecular complexity index is 1350. The molecule has 0 aliphatic carbocycles. The van der Waals surface area contributed by atoms with Crippen LogP contribution in [0.15, 0.2) is 96.2 Å². The van der Waals surface area contributed by atoms with E-state index in [4.69, 9.17) is 9.73 Å². The molecule has 0 unspecified atom stereocenters. The minimum atomic E-state index is -1.11. The van der Waals surface area contributed by atoms with E-state index in [-0.39, 0.29) is 5.91 Å². The van der Waals surface area contributed by atoms with Crippen LogP contribution in [-0.4, -0.2) is 44.0 Å². The molecule has 0 spiro atoms. The van der Waals surface area contributed by atoms with Crippen LogP contribution in [0.25, 0.3) is 0 Å². The number of rotatable bonds is 6. The number of fused-ring (bicyclic) bond motifs is 3. The van der Waals surface area contributed by atoms with E-state index in [0.29, 0.717) is 31.8 Å². The van der Waals surface area contributed by atoms with Crippen molar-refractivity contribution < 1.29 is 9.53 Å². The molecule has 0 bridgehead atoms. The summed E-state index contributed by atoms with van der Waals surface area (Å²) in [5.41, 5.74) is 2.88. The van der Waals surface area contributed by atoms with Crippen LogP contribution in [0.2, 0.25) is 0 Å². The first kappa shape index (κ1) is 21.3. The number of hydrogen-bond acceptors (Lipinski definition) is 5. The maximum absolute atomic E-state index is 14.5. The van der Waals surface area contributed by atoms with E-state index in [1.807, 2.05) is 77.7 Å². The monoisotopic (exact) mass is 463 g/mol. The van der Waals surface area contributed by atoms with Gasteiger partial charge in [0.15, 0.2) is 11.6 Å². The van der Waals surface area contributed by atoms with Gasteiger partial charge in [0.05, 0.1) is 0 Å². The van der Waals surface area contributed by atoms with Gasteiger partial charge in [0.25, 0.3) is 5.91 Å². The van der Waals surface area contributed by atoms with E-state index in [1.54, 1.807) is 0 Å². The summed E-state index contributed by atoms with van der Waals surface area (Å²) in [6, 6.07) is 28.0. The predicted molar refractivity (Wildman–Crippen MR) is 132 cm³/mol. The zero-order chi connectivity index (χ0) is 23.7. The maximum atomic E-state index is 14.5. The second-order valence-electron chi connectivity index (χ2n) is 8.98. The normalized spacial score (nSPS) is 21.0. The van der Waals surface area contributed by atoms with Crippen LogP contribution in [0.5, 0.6) is 0 Å². The smallest absolute Gasteiger partial charge is 0.255 e. The topological polar surface area (TPSA) is 83.5 Å². The first-order valence-electron chi connectivity index (χ1n) is 11.8. The van der Waals surface area contributed by atoms with E-state index in [1.165, 1.54) is 6.33 Å². The van der Waals surface area contributed by atoms with Crippen molar-refractivity contribution in [3.8, 4) is 0 Å². The van der Waals surface area contributed by atoms with Crippen molar-refractivity contribution in [1.82, 2.24) is 20.1 Å². The molecule has 3 heterocycles. The molecule has 35 heavy (non-hydrogen) atoms. The zero-order valence-electron chi connectivity index (χ0n) is 19.2. The summed E-state index contributed by atoms with van der Waals surface area (Å²) in [6.07, 6.45) is 2.00. The summed E-state index contributed by atoms with van der Waals surface area (Å²) >= 11 is 0. The lowest BCUT2D eigenvalue weighted by molar-refractivity contribution is -0.139. The molecule has 2 aliphatic heterocycles. The van der Waals surface area contributed by atoms with Crippen LogP contribution in [0.3, 0.4) is 0 Å². The highest BCUT2D eigenvalue weighted by molar-refractivity contribution is 6.01. The average Bonchev–Trinajstić information content (AvgIpc) is 3.55. The van der Waals surface area contributed by atoms with Gasteiger partial charge in [-0.25, -0.2) is 9.98 Å². The molecular formula is C28H25N5O2. The summed E-state index contributed by atoms with van der Waals surface area (Å²) in [7, 11) is 0. The Morgan fingerprint density at radius 2 is 1.71 bits per heavy atom. The maximum Gasteiger partial charge on any atom is 0.255 e. The third-order valence-electron chi connectivity index (χ3n) is 6.74. The molecule has 3 aromatic carbocycles. The number of nitrogens with one attached hydrogen (secondary N) is 1. The molecule has 0 fully saturated rings. The van der Waals surface area contributed by atoms with Crippen molar-refractivity contribution >= 4 is 11.8 Å². The molecule has 0 radical (unpaired) electrons. The van der Waals surface area contributed by atoms with Gasteiger partial charge in [0, 0.05) is 37.1 Å². The summed E-state index contributed by atoms with van der Waals surface area (Å²) in [5.74, 6) is 1.22. The number of hydrogen-bond donors (Lipinski definition) is 1. The molecule has 0 saturated heterocycles. The Kier molecular flexibility index (Phi) is 5.37. The van der Waals surface area contributed by atoms with Crippen molar-refractivity contribution in [2.24, 2.45) is 4.99 Å². The lowest BCUT2D eigenvalue weighted by atomic mass is 9.81. The Hall–Kier alpha value is -4.26. The largest absolute Gasteiger partial charge is 0.466 e. The van der Waals surface area contributed by atoms with Crippen molar-refractivity contribution in [3.63, 3.8) is 0 Å². The van der Waals surface area contributed by atoms with Gasteiger partial charge in [-0.1, -0.05) is 72.8 Å². The fraction of sp³-hybridized carbons (Fsp3) is 0.214. The molecular weight excluding hydrogens is 438 g/mol. The fourth-order valence-corrected chi connectivity index (χ4v) is 5.04. The second kappa shape index (κ2) is 8.83. The van der Waals surface area contributed by atoms with Crippen LogP contribution in [0, 0.1) is 0 Å². The lowest BCUT2D eigenvalue weighted by Crippen LogP contribution is -2.50. The number of amides is 1. The Balaban J connectivity index is 1.48. The highest BCUT2D eigenvalue weighted by Crippen LogP contribution is 2.46. The molecule has 1 amide bonds. The zero-order valence-corrected chi connectivity index (χ0v) is 19.2. The van der Waals surface area contributed by atoms with Crippen LogP contribution in [-0.2, 0) is 28.9 Å². The standard InChI is InChI=1S/C28H25N5O2/c34-27-28(17-20-9-3-1-4-10-20)25(35-26(31-28)21-11-5-2-6-12-21)23-14-8-7-13-22(23)18-33(27)16-15-24-29-19-30-32-24/h1-14,19,25H,15-18H2,(H,29,30,32)/t25-,28-/m0/s1. The van der Waals surface area contributed by atoms with Crippen LogP contribution in [0.1, 0.15) is 34.2 Å². The number of benzene rings is 3. The molecule has 1 aromatic heterocycles. The Labute approximate surface area is 203 Å². The molecule has 0 saturated carbocycles. The van der Waals surface area contributed by atoms with E-state index in [0.717, 1.165) is 28.1 Å². The van der Waals surface area contributed by atoms with Crippen molar-refractivity contribution in [3.05, 3.63) is 119 Å². The Morgan fingerprint density at radius 3 is 2.49 bits per heavy atom. The summed E-state index contributed by atoms with van der Waals surface area (Å²) < 4.78 is 6.58. The fourth-order valence-electron chi connectivity index (χ4n) is 5.04. The molecule has 2 atom stereocenters. The van der Waals surface area contributed by atoms with Gasteiger partial charge in [-0.2, -0.15) is 5.10 Å².